The van der Waals surface area contributed by atoms with Crippen LogP contribution in [0.25, 0.3) is 0 Å². The molecular weight excluding hydrogens is 342 g/mol. The molecule has 0 spiro atoms. The predicted molar refractivity (Wildman–Crippen MR) is 94.1 cm³/mol. The van der Waals surface area contributed by atoms with Crippen LogP contribution in [0.5, 0.6) is 0 Å². The lowest BCUT2D eigenvalue weighted by Gasteiger charge is -2.16. The van der Waals surface area contributed by atoms with Gasteiger partial charge in [0.1, 0.15) is 0 Å². The number of rotatable bonds is 7. The molecule has 5 nitrogen and oxygen atoms in total. The van der Waals surface area contributed by atoms with Crippen molar-refractivity contribution in [2.45, 2.75) is 20.0 Å². The molecule has 0 saturated carbocycles. The molecule has 0 aliphatic rings. The van der Waals surface area contributed by atoms with Crippen molar-refractivity contribution in [3.05, 3.63) is 46.4 Å². The van der Waals surface area contributed by atoms with Gasteiger partial charge in [-0.2, -0.15) is 0 Å². The van der Waals surface area contributed by atoms with Crippen LogP contribution >= 0.6 is 23.7 Å². The van der Waals surface area contributed by atoms with E-state index >= 15 is 0 Å². The first-order chi connectivity index (χ1) is 9.98. The molecule has 22 heavy (non-hydrogen) atoms. The minimum Gasteiger partial charge on any atom is -0.296 e. The second-order valence-corrected chi connectivity index (χ2v) is 7.59. The normalized spacial score (nSPS) is 11.2. The van der Waals surface area contributed by atoms with E-state index in [4.69, 9.17) is 0 Å². The van der Waals surface area contributed by atoms with Crippen molar-refractivity contribution in [3.8, 4) is 0 Å². The largest absolute Gasteiger partial charge is 0.296 e. The molecule has 0 aliphatic heterocycles. The lowest BCUT2D eigenvalue weighted by atomic mass is 10.2. The third-order valence-electron chi connectivity index (χ3n) is 2.95. The monoisotopic (exact) mass is 361 g/mol. The van der Waals surface area contributed by atoms with Gasteiger partial charge in [0, 0.05) is 24.2 Å². The topological polar surface area (TPSA) is 62.3 Å². The van der Waals surface area contributed by atoms with E-state index in [1.54, 1.807) is 24.3 Å². The zero-order valence-corrected chi connectivity index (χ0v) is 15.0. The first-order valence-electron chi connectivity index (χ1n) is 6.63. The van der Waals surface area contributed by atoms with Crippen molar-refractivity contribution in [3.63, 3.8) is 0 Å². The molecular formula is C14H20ClN3O2S2. The fourth-order valence-electron chi connectivity index (χ4n) is 1.94. The zero-order valence-electron chi connectivity index (χ0n) is 12.5. The van der Waals surface area contributed by atoms with Crippen molar-refractivity contribution < 1.29 is 8.42 Å². The molecule has 1 N–H and O–H groups in total. The third kappa shape index (κ3) is 5.92. The van der Waals surface area contributed by atoms with E-state index in [1.807, 2.05) is 36.1 Å². The van der Waals surface area contributed by atoms with Gasteiger partial charge in [-0.05, 0) is 31.7 Å². The molecule has 0 amide bonds. The van der Waals surface area contributed by atoms with Gasteiger partial charge in [-0.25, -0.2) is 13.4 Å². The Morgan fingerprint density at radius 1 is 1.32 bits per heavy atom. The number of sulfonamides is 1. The van der Waals surface area contributed by atoms with E-state index in [2.05, 4.69) is 14.6 Å². The number of hydrogen-bond acceptors (Lipinski definition) is 5. The first-order valence-corrected chi connectivity index (χ1v) is 9.23. The van der Waals surface area contributed by atoms with Crippen molar-refractivity contribution in [2.24, 2.45) is 0 Å². The average molecular weight is 362 g/mol. The summed E-state index contributed by atoms with van der Waals surface area (Å²) in [4.78, 5) is 6.40. The maximum absolute atomic E-state index is 11.6. The summed E-state index contributed by atoms with van der Waals surface area (Å²) < 4.78 is 25.7. The number of hydrogen-bond donors (Lipinski definition) is 1. The summed E-state index contributed by atoms with van der Waals surface area (Å²) in [5, 5.41) is 2.03. The summed E-state index contributed by atoms with van der Waals surface area (Å²) in [5.74, 6) is 0.0704. The van der Waals surface area contributed by atoms with Crippen LogP contribution < -0.4 is 4.72 Å². The zero-order chi connectivity index (χ0) is 15.3. The Balaban J connectivity index is 0.00000242. The highest BCUT2D eigenvalue weighted by atomic mass is 35.5. The SMILES string of the molecule is CCS(=O)(=O)Nc1cccc(CN(C)Cc2cscn2)c1.Cl. The molecule has 2 aromatic rings. The smallest absolute Gasteiger partial charge is 0.232 e. The molecule has 1 aromatic carbocycles. The van der Waals surface area contributed by atoms with Gasteiger partial charge in [0.2, 0.25) is 10.0 Å². The minimum absolute atomic E-state index is 0. The van der Waals surface area contributed by atoms with Gasteiger partial charge in [-0.3, -0.25) is 9.62 Å². The maximum Gasteiger partial charge on any atom is 0.232 e. The van der Waals surface area contributed by atoms with Gasteiger partial charge >= 0.3 is 0 Å². The van der Waals surface area contributed by atoms with E-state index in [1.165, 1.54) is 0 Å². The van der Waals surface area contributed by atoms with Crippen LogP contribution in [0.15, 0.2) is 35.2 Å². The van der Waals surface area contributed by atoms with Crippen LogP contribution in [0.2, 0.25) is 0 Å². The number of aromatic nitrogens is 1. The Morgan fingerprint density at radius 3 is 2.73 bits per heavy atom. The summed E-state index contributed by atoms with van der Waals surface area (Å²) in [6, 6.07) is 7.47. The van der Waals surface area contributed by atoms with Crippen molar-refractivity contribution >= 4 is 39.5 Å². The highest BCUT2D eigenvalue weighted by molar-refractivity contribution is 7.92. The molecule has 0 saturated heterocycles. The standard InChI is InChI=1S/C14H19N3O2S2.ClH/c1-3-21(18,19)16-13-6-4-5-12(7-13)8-17(2)9-14-10-20-11-15-14;/h4-7,10-11,16H,3,8-9H2,1-2H3;1H. The summed E-state index contributed by atoms with van der Waals surface area (Å²) in [6.45, 7) is 3.13. The molecule has 0 radical (unpaired) electrons. The summed E-state index contributed by atoms with van der Waals surface area (Å²) in [6.07, 6.45) is 0. The van der Waals surface area contributed by atoms with Gasteiger partial charge in [0.05, 0.1) is 17.0 Å². The second-order valence-electron chi connectivity index (χ2n) is 4.86. The quantitative estimate of drug-likeness (QED) is 0.823. The number of anilines is 1. The molecule has 0 bridgehead atoms. The van der Waals surface area contributed by atoms with Crippen LogP contribution in [0.4, 0.5) is 5.69 Å². The molecule has 8 heteroatoms. The lowest BCUT2D eigenvalue weighted by molar-refractivity contribution is 0.316. The number of nitrogens with one attached hydrogen (secondary N) is 1. The van der Waals surface area contributed by atoms with Crippen LogP contribution in [-0.2, 0) is 23.1 Å². The van der Waals surface area contributed by atoms with Gasteiger partial charge in [-0.1, -0.05) is 12.1 Å². The predicted octanol–water partition coefficient (Wildman–Crippen LogP) is 2.96. The van der Waals surface area contributed by atoms with E-state index in [0.717, 1.165) is 24.3 Å². The molecule has 1 aromatic heterocycles. The fraction of sp³-hybridized carbons (Fsp3) is 0.357. The minimum atomic E-state index is -3.23. The number of nitrogens with zero attached hydrogens (tertiary/aromatic N) is 2. The molecule has 122 valence electrons. The van der Waals surface area contributed by atoms with E-state index in [9.17, 15) is 8.42 Å². The van der Waals surface area contributed by atoms with Crippen LogP contribution in [0, 0.1) is 0 Å². The van der Waals surface area contributed by atoms with E-state index in [0.29, 0.717) is 5.69 Å². The maximum atomic E-state index is 11.6. The van der Waals surface area contributed by atoms with Crippen LogP contribution in [-0.4, -0.2) is 31.1 Å². The van der Waals surface area contributed by atoms with Crippen molar-refractivity contribution in [2.75, 3.05) is 17.5 Å². The third-order valence-corrected chi connectivity index (χ3v) is 4.89. The molecule has 1 heterocycles. The van der Waals surface area contributed by atoms with E-state index < -0.39 is 10.0 Å². The van der Waals surface area contributed by atoms with Gasteiger partial charge in [0.15, 0.2) is 0 Å². The summed E-state index contributed by atoms with van der Waals surface area (Å²) in [7, 11) is -1.21. The lowest BCUT2D eigenvalue weighted by Crippen LogP contribution is -2.18. The molecule has 0 aliphatic carbocycles. The van der Waals surface area contributed by atoms with Gasteiger partial charge in [0.25, 0.3) is 0 Å². The highest BCUT2D eigenvalue weighted by Crippen LogP contribution is 2.15. The average Bonchev–Trinajstić information content (AvgIpc) is 2.91. The van der Waals surface area contributed by atoms with Crippen LogP contribution in [0.3, 0.4) is 0 Å². The Bertz CT molecular complexity index is 675. The Labute approximate surface area is 141 Å². The highest BCUT2D eigenvalue weighted by Gasteiger charge is 2.08. The summed E-state index contributed by atoms with van der Waals surface area (Å²) in [5.41, 5.74) is 4.54. The summed E-state index contributed by atoms with van der Waals surface area (Å²) >= 11 is 1.58. The van der Waals surface area contributed by atoms with E-state index in [-0.39, 0.29) is 18.2 Å². The van der Waals surface area contributed by atoms with Crippen LogP contribution in [0.1, 0.15) is 18.2 Å². The van der Waals surface area contributed by atoms with Crippen molar-refractivity contribution in [1.29, 1.82) is 0 Å². The van der Waals surface area contributed by atoms with Gasteiger partial charge in [-0.15, -0.1) is 23.7 Å². The number of halogens is 1. The first kappa shape index (κ1) is 18.9. The molecule has 0 unspecified atom stereocenters. The second kappa shape index (κ2) is 8.47. The fourth-order valence-corrected chi connectivity index (χ4v) is 3.12. The Hall–Kier alpha value is -1.15. The molecule has 0 atom stereocenters. The molecule has 0 fully saturated rings. The number of thiazole rings is 1. The van der Waals surface area contributed by atoms with Gasteiger partial charge < -0.3 is 0 Å². The Morgan fingerprint density at radius 2 is 2.09 bits per heavy atom. The Kier molecular flexibility index (Phi) is 7.28. The number of benzene rings is 1. The van der Waals surface area contributed by atoms with Crippen molar-refractivity contribution in [1.82, 2.24) is 9.88 Å². The molecule has 2 rings (SSSR count).